The van der Waals surface area contributed by atoms with E-state index in [1.165, 1.54) is 12.5 Å². The summed E-state index contributed by atoms with van der Waals surface area (Å²) in [5.41, 5.74) is -0.719. The lowest BCUT2D eigenvalue weighted by atomic mass is 9.71. The number of sulfonamides is 1. The van der Waals surface area contributed by atoms with E-state index in [-0.39, 0.29) is 17.0 Å². The van der Waals surface area contributed by atoms with Crippen LogP contribution >= 0.6 is 0 Å². The predicted octanol–water partition coefficient (Wildman–Crippen LogP) is 1.03. The molecule has 1 aromatic heterocycles. The van der Waals surface area contributed by atoms with Crippen LogP contribution in [0.15, 0.2) is 17.6 Å². The Bertz CT molecular complexity index is 567. The fourth-order valence-electron chi connectivity index (χ4n) is 2.40. The van der Waals surface area contributed by atoms with Gasteiger partial charge in [-0.1, -0.05) is 13.8 Å². The minimum Gasteiger partial charge on any atom is -0.389 e. The highest BCUT2D eigenvalue weighted by molar-refractivity contribution is 7.89. The fourth-order valence-corrected chi connectivity index (χ4v) is 3.50. The van der Waals surface area contributed by atoms with Crippen molar-refractivity contribution in [3.8, 4) is 0 Å². The van der Waals surface area contributed by atoms with Crippen LogP contribution in [0.1, 0.15) is 39.5 Å². The Balaban J connectivity index is 1.98. The molecule has 1 aromatic rings. The van der Waals surface area contributed by atoms with Crippen LogP contribution in [0.5, 0.6) is 0 Å². The average molecular weight is 301 g/mol. The summed E-state index contributed by atoms with van der Waals surface area (Å²) >= 11 is 0. The molecule has 0 unspecified atom stereocenters. The van der Waals surface area contributed by atoms with Crippen molar-refractivity contribution < 1.29 is 13.5 Å². The van der Waals surface area contributed by atoms with E-state index in [0.717, 1.165) is 12.8 Å². The molecule has 7 heteroatoms. The Morgan fingerprint density at radius 1 is 1.35 bits per heavy atom. The number of aromatic nitrogens is 2. The molecule has 2 N–H and O–H groups in total. The van der Waals surface area contributed by atoms with Crippen molar-refractivity contribution in [2.45, 2.75) is 50.2 Å². The number of rotatable bonds is 4. The van der Waals surface area contributed by atoms with Crippen molar-refractivity contribution in [1.29, 1.82) is 0 Å². The van der Waals surface area contributed by atoms with E-state index in [2.05, 4.69) is 23.6 Å². The molecule has 1 aliphatic rings. The molecule has 1 fully saturated rings. The maximum Gasteiger partial charge on any atom is 0.259 e. The average Bonchev–Trinajstić information content (AvgIpc) is 2.79. The zero-order valence-electron chi connectivity index (χ0n) is 12.3. The highest BCUT2D eigenvalue weighted by atomic mass is 32.2. The smallest absolute Gasteiger partial charge is 0.259 e. The van der Waals surface area contributed by atoms with Crippen LogP contribution < -0.4 is 4.72 Å². The number of imidazole rings is 1. The van der Waals surface area contributed by atoms with Crippen LogP contribution in [0.3, 0.4) is 0 Å². The molecule has 0 aliphatic heterocycles. The van der Waals surface area contributed by atoms with E-state index in [0.29, 0.717) is 12.8 Å². The van der Waals surface area contributed by atoms with Gasteiger partial charge in [0.2, 0.25) is 0 Å². The van der Waals surface area contributed by atoms with Crippen molar-refractivity contribution in [1.82, 2.24) is 14.3 Å². The first kappa shape index (κ1) is 15.5. The molecule has 0 atom stereocenters. The van der Waals surface area contributed by atoms with E-state index in [1.807, 2.05) is 0 Å². The van der Waals surface area contributed by atoms with Gasteiger partial charge in [-0.3, -0.25) is 0 Å². The largest absolute Gasteiger partial charge is 0.389 e. The highest BCUT2D eigenvalue weighted by Crippen LogP contribution is 2.39. The number of aryl methyl sites for hydroxylation is 1. The van der Waals surface area contributed by atoms with Gasteiger partial charge in [0, 0.05) is 19.8 Å². The Labute approximate surface area is 120 Å². The molecular formula is C13H23N3O3S. The van der Waals surface area contributed by atoms with Gasteiger partial charge in [0.1, 0.15) is 0 Å². The normalized spacial score (nSPS) is 21.8. The zero-order chi connectivity index (χ0) is 15.0. The lowest BCUT2D eigenvalue weighted by Gasteiger charge is -2.40. The van der Waals surface area contributed by atoms with Gasteiger partial charge in [0.25, 0.3) is 10.0 Å². The SMILES string of the molecule is Cn1cnc(S(=O)(=O)NCC2(O)CCC(C)(C)CC2)c1. The number of hydrogen-bond acceptors (Lipinski definition) is 4. The molecule has 0 spiro atoms. The third-order valence-electron chi connectivity index (χ3n) is 4.08. The van der Waals surface area contributed by atoms with E-state index < -0.39 is 15.6 Å². The number of nitrogens with zero attached hydrogens (tertiary/aromatic N) is 2. The van der Waals surface area contributed by atoms with Gasteiger partial charge in [-0.2, -0.15) is 0 Å². The van der Waals surface area contributed by atoms with E-state index in [1.54, 1.807) is 11.6 Å². The molecule has 0 saturated heterocycles. The third-order valence-corrected chi connectivity index (χ3v) is 5.37. The number of nitrogens with one attached hydrogen (secondary N) is 1. The summed E-state index contributed by atoms with van der Waals surface area (Å²) in [6.45, 7) is 4.39. The van der Waals surface area contributed by atoms with E-state index in [4.69, 9.17) is 0 Å². The Morgan fingerprint density at radius 3 is 2.45 bits per heavy atom. The summed E-state index contributed by atoms with van der Waals surface area (Å²) in [5, 5.41) is 10.5. The van der Waals surface area contributed by atoms with Crippen LogP contribution in [-0.4, -0.2) is 35.2 Å². The van der Waals surface area contributed by atoms with Crippen molar-refractivity contribution in [2.24, 2.45) is 12.5 Å². The molecule has 20 heavy (non-hydrogen) atoms. The molecule has 0 bridgehead atoms. The highest BCUT2D eigenvalue weighted by Gasteiger charge is 2.37. The van der Waals surface area contributed by atoms with Crippen LogP contribution in [0.4, 0.5) is 0 Å². The molecule has 0 aromatic carbocycles. The molecule has 0 amide bonds. The maximum atomic E-state index is 12.1. The molecule has 1 heterocycles. The van der Waals surface area contributed by atoms with Gasteiger partial charge < -0.3 is 9.67 Å². The summed E-state index contributed by atoms with van der Waals surface area (Å²) in [6, 6.07) is 0. The lowest BCUT2D eigenvalue weighted by molar-refractivity contribution is -0.0205. The topological polar surface area (TPSA) is 84.2 Å². The van der Waals surface area contributed by atoms with Crippen molar-refractivity contribution >= 4 is 10.0 Å². The van der Waals surface area contributed by atoms with Crippen molar-refractivity contribution in [3.63, 3.8) is 0 Å². The number of hydrogen-bond donors (Lipinski definition) is 2. The maximum absolute atomic E-state index is 12.1. The first-order valence-electron chi connectivity index (χ1n) is 6.82. The molecule has 114 valence electrons. The molecule has 6 nitrogen and oxygen atoms in total. The van der Waals surface area contributed by atoms with Crippen molar-refractivity contribution in [2.75, 3.05) is 6.54 Å². The van der Waals surface area contributed by atoms with E-state index in [9.17, 15) is 13.5 Å². The second-order valence-electron chi connectivity index (χ2n) is 6.59. The first-order chi connectivity index (χ1) is 9.12. The molecule has 2 rings (SSSR count). The Morgan fingerprint density at radius 2 is 1.95 bits per heavy atom. The van der Waals surface area contributed by atoms with Gasteiger partial charge in [0.15, 0.2) is 5.03 Å². The van der Waals surface area contributed by atoms with Gasteiger partial charge in [-0.15, -0.1) is 0 Å². The van der Waals surface area contributed by atoms with Crippen LogP contribution in [-0.2, 0) is 17.1 Å². The standard InChI is InChI=1S/C13H23N3O3S/c1-12(2)4-6-13(17,7-5-12)9-15-20(18,19)11-8-16(3)10-14-11/h8,10,15,17H,4-7,9H2,1-3H3. The third kappa shape index (κ3) is 3.59. The van der Waals surface area contributed by atoms with Gasteiger partial charge in [-0.25, -0.2) is 18.1 Å². The Hall–Kier alpha value is -0.920. The zero-order valence-corrected chi connectivity index (χ0v) is 13.1. The first-order valence-corrected chi connectivity index (χ1v) is 8.30. The van der Waals surface area contributed by atoms with Gasteiger partial charge in [0.05, 0.1) is 11.9 Å². The van der Waals surface area contributed by atoms with E-state index >= 15 is 0 Å². The monoisotopic (exact) mass is 301 g/mol. The molecule has 1 aliphatic carbocycles. The lowest BCUT2D eigenvalue weighted by Crippen LogP contribution is -2.46. The molecule has 1 saturated carbocycles. The second kappa shape index (κ2) is 5.13. The van der Waals surface area contributed by atoms with Crippen LogP contribution in [0.2, 0.25) is 0 Å². The van der Waals surface area contributed by atoms with Gasteiger partial charge in [-0.05, 0) is 31.1 Å². The summed E-state index contributed by atoms with van der Waals surface area (Å²) in [5.74, 6) is 0. The summed E-state index contributed by atoms with van der Waals surface area (Å²) in [7, 11) is -1.94. The molecule has 0 radical (unpaired) electrons. The fraction of sp³-hybridized carbons (Fsp3) is 0.769. The Kier molecular flexibility index (Phi) is 3.96. The summed E-state index contributed by atoms with van der Waals surface area (Å²) in [6.07, 6.45) is 5.90. The molecular weight excluding hydrogens is 278 g/mol. The van der Waals surface area contributed by atoms with Crippen LogP contribution in [0, 0.1) is 5.41 Å². The van der Waals surface area contributed by atoms with Gasteiger partial charge >= 0.3 is 0 Å². The number of aliphatic hydroxyl groups is 1. The second-order valence-corrected chi connectivity index (χ2v) is 8.30. The quantitative estimate of drug-likeness (QED) is 0.870. The summed E-state index contributed by atoms with van der Waals surface area (Å²) < 4.78 is 28.2. The minimum atomic E-state index is -3.65. The minimum absolute atomic E-state index is 0.0141. The van der Waals surface area contributed by atoms with Crippen molar-refractivity contribution in [3.05, 3.63) is 12.5 Å². The van der Waals surface area contributed by atoms with Crippen LogP contribution in [0.25, 0.3) is 0 Å². The predicted molar refractivity (Wildman–Crippen MR) is 75.6 cm³/mol. The summed E-state index contributed by atoms with van der Waals surface area (Å²) in [4.78, 5) is 3.83.